The summed E-state index contributed by atoms with van der Waals surface area (Å²) in [5.41, 5.74) is 2.77. The lowest BCUT2D eigenvalue weighted by molar-refractivity contribution is -0.127. The first-order valence-electron chi connectivity index (χ1n) is 6.99. The minimum absolute atomic E-state index is 0.0712. The fourth-order valence-corrected chi connectivity index (χ4v) is 2.05. The fourth-order valence-electron chi connectivity index (χ4n) is 2.05. The van der Waals surface area contributed by atoms with Crippen molar-refractivity contribution in [2.75, 3.05) is 31.6 Å². The minimum Gasteiger partial charge on any atom is -0.395 e. The summed E-state index contributed by atoms with van der Waals surface area (Å²) >= 11 is 0. The first-order chi connectivity index (χ1) is 10.5. The molecule has 0 bridgehead atoms. The SMILES string of the molecule is Cc1cccc(C)c1N/C=C(/C#N)C(=O)N(CCO)CCO. The maximum absolute atomic E-state index is 12.2. The van der Waals surface area contributed by atoms with Crippen molar-refractivity contribution in [3.05, 3.63) is 41.1 Å². The van der Waals surface area contributed by atoms with Crippen LogP contribution < -0.4 is 5.32 Å². The van der Waals surface area contributed by atoms with Gasteiger partial charge in [0.15, 0.2) is 0 Å². The average molecular weight is 303 g/mol. The number of amides is 1. The molecular weight excluding hydrogens is 282 g/mol. The third-order valence-electron chi connectivity index (χ3n) is 3.22. The lowest BCUT2D eigenvalue weighted by Gasteiger charge is -2.20. The molecule has 1 aromatic carbocycles. The molecule has 1 rings (SSSR count). The second kappa shape index (κ2) is 8.82. The van der Waals surface area contributed by atoms with Gasteiger partial charge in [-0.15, -0.1) is 0 Å². The highest BCUT2D eigenvalue weighted by Gasteiger charge is 2.17. The molecule has 0 spiro atoms. The highest BCUT2D eigenvalue weighted by atomic mass is 16.3. The lowest BCUT2D eigenvalue weighted by Crippen LogP contribution is -2.36. The van der Waals surface area contributed by atoms with Gasteiger partial charge in [0.1, 0.15) is 11.6 Å². The summed E-state index contributed by atoms with van der Waals surface area (Å²) in [6.45, 7) is 3.55. The first kappa shape index (κ1) is 17.7. The number of nitriles is 1. The molecule has 0 radical (unpaired) electrons. The van der Waals surface area contributed by atoms with E-state index in [4.69, 9.17) is 15.5 Å². The number of aliphatic hydroxyl groups excluding tert-OH is 2. The zero-order valence-electron chi connectivity index (χ0n) is 12.8. The number of rotatable bonds is 7. The number of anilines is 1. The number of carbonyl (C=O) groups excluding carboxylic acids is 1. The Labute approximate surface area is 130 Å². The Kier molecular flexibility index (Phi) is 7.09. The number of carbonyl (C=O) groups is 1. The monoisotopic (exact) mass is 303 g/mol. The quantitative estimate of drug-likeness (QED) is 0.514. The van der Waals surface area contributed by atoms with Gasteiger partial charge in [0.2, 0.25) is 0 Å². The molecule has 22 heavy (non-hydrogen) atoms. The summed E-state index contributed by atoms with van der Waals surface area (Å²) in [4.78, 5) is 13.5. The first-order valence-corrected chi connectivity index (χ1v) is 6.99. The van der Waals surface area contributed by atoms with Gasteiger partial charge in [-0.2, -0.15) is 5.26 Å². The van der Waals surface area contributed by atoms with Crippen molar-refractivity contribution < 1.29 is 15.0 Å². The van der Waals surface area contributed by atoms with Crippen LogP contribution in [0.3, 0.4) is 0 Å². The lowest BCUT2D eigenvalue weighted by atomic mass is 10.1. The van der Waals surface area contributed by atoms with E-state index >= 15 is 0 Å². The van der Waals surface area contributed by atoms with Crippen LogP contribution in [0.25, 0.3) is 0 Å². The van der Waals surface area contributed by atoms with Crippen LogP contribution in [0.1, 0.15) is 11.1 Å². The van der Waals surface area contributed by atoms with Crippen LogP contribution >= 0.6 is 0 Å². The van der Waals surface area contributed by atoms with Gasteiger partial charge in [-0.05, 0) is 25.0 Å². The van der Waals surface area contributed by atoms with Crippen LogP contribution in [-0.4, -0.2) is 47.3 Å². The number of hydrogen-bond acceptors (Lipinski definition) is 5. The Morgan fingerprint density at radius 1 is 1.27 bits per heavy atom. The number of nitrogens with zero attached hydrogens (tertiary/aromatic N) is 2. The van der Waals surface area contributed by atoms with E-state index in [0.29, 0.717) is 0 Å². The van der Waals surface area contributed by atoms with E-state index in [-0.39, 0.29) is 31.9 Å². The maximum Gasteiger partial charge on any atom is 0.266 e. The molecule has 3 N–H and O–H groups in total. The van der Waals surface area contributed by atoms with Crippen LogP contribution in [0.15, 0.2) is 30.0 Å². The summed E-state index contributed by atoms with van der Waals surface area (Å²) in [5.74, 6) is -0.524. The standard InChI is InChI=1S/C16H21N3O3/c1-12-4-3-5-13(2)15(12)18-11-14(10-17)16(22)19(6-8-20)7-9-21/h3-5,11,18,20-21H,6-9H2,1-2H3/b14-11-. The van der Waals surface area contributed by atoms with E-state index in [9.17, 15) is 4.79 Å². The zero-order valence-corrected chi connectivity index (χ0v) is 12.8. The predicted molar refractivity (Wildman–Crippen MR) is 84.0 cm³/mol. The Balaban J connectivity index is 2.95. The second-order valence-corrected chi connectivity index (χ2v) is 4.82. The largest absolute Gasteiger partial charge is 0.395 e. The molecule has 0 aliphatic carbocycles. The van der Waals surface area contributed by atoms with Crippen LogP contribution in [0.2, 0.25) is 0 Å². The summed E-state index contributed by atoms with van der Waals surface area (Å²) in [7, 11) is 0. The van der Waals surface area contributed by atoms with Crippen molar-refractivity contribution in [2.24, 2.45) is 0 Å². The molecule has 0 saturated heterocycles. The van der Waals surface area contributed by atoms with Crippen molar-refractivity contribution in [1.82, 2.24) is 4.90 Å². The molecule has 0 atom stereocenters. The van der Waals surface area contributed by atoms with Crippen LogP contribution in [0, 0.1) is 25.2 Å². The molecule has 6 heteroatoms. The Morgan fingerprint density at radius 2 is 1.82 bits per heavy atom. The van der Waals surface area contributed by atoms with Gasteiger partial charge in [-0.25, -0.2) is 0 Å². The summed E-state index contributed by atoms with van der Waals surface area (Å²) in [5, 5.41) is 30.1. The normalized spacial score (nSPS) is 11.0. The smallest absolute Gasteiger partial charge is 0.266 e. The van der Waals surface area contributed by atoms with Crippen molar-refractivity contribution in [3.63, 3.8) is 0 Å². The number of nitrogens with one attached hydrogen (secondary N) is 1. The Bertz CT molecular complexity index is 565. The van der Waals surface area contributed by atoms with Gasteiger partial charge in [0.25, 0.3) is 5.91 Å². The average Bonchev–Trinajstić information content (AvgIpc) is 2.49. The van der Waals surface area contributed by atoms with E-state index < -0.39 is 5.91 Å². The maximum atomic E-state index is 12.2. The van der Waals surface area contributed by atoms with Crippen LogP contribution in [0.5, 0.6) is 0 Å². The number of para-hydroxylation sites is 1. The van der Waals surface area contributed by atoms with Gasteiger partial charge < -0.3 is 20.4 Å². The van der Waals surface area contributed by atoms with E-state index in [1.807, 2.05) is 38.1 Å². The van der Waals surface area contributed by atoms with Gasteiger partial charge in [-0.1, -0.05) is 18.2 Å². The summed E-state index contributed by atoms with van der Waals surface area (Å²) in [6, 6.07) is 7.65. The Morgan fingerprint density at radius 3 is 2.27 bits per heavy atom. The van der Waals surface area contributed by atoms with Crippen LogP contribution in [0.4, 0.5) is 5.69 Å². The van der Waals surface area contributed by atoms with Gasteiger partial charge in [-0.3, -0.25) is 4.79 Å². The Hall–Kier alpha value is -2.36. The third-order valence-corrected chi connectivity index (χ3v) is 3.22. The van der Waals surface area contributed by atoms with E-state index in [2.05, 4.69) is 5.32 Å². The molecule has 1 aromatic rings. The minimum atomic E-state index is -0.524. The molecule has 0 heterocycles. The molecule has 0 saturated carbocycles. The molecule has 6 nitrogen and oxygen atoms in total. The van der Waals surface area contributed by atoms with Crippen LogP contribution in [-0.2, 0) is 4.79 Å². The summed E-state index contributed by atoms with van der Waals surface area (Å²) < 4.78 is 0. The van der Waals surface area contributed by atoms with E-state index in [1.54, 1.807) is 0 Å². The van der Waals surface area contributed by atoms with E-state index in [1.165, 1.54) is 11.1 Å². The van der Waals surface area contributed by atoms with Gasteiger partial charge in [0.05, 0.1) is 13.2 Å². The fraction of sp³-hybridized carbons (Fsp3) is 0.375. The van der Waals surface area contributed by atoms with Crippen molar-refractivity contribution in [3.8, 4) is 6.07 Å². The molecular formula is C16H21N3O3. The topological polar surface area (TPSA) is 96.6 Å². The molecule has 118 valence electrons. The van der Waals surface area contributed by atoms with Crippen molar-refractivity contribution in [2.45, 2.75) is 13.8 Å². The summed E-state index contributed by atoms with van der Waals surface area (Å²) in [6.07, 6.45) is 1.36. The van der Waals surface area contributed by atoms with Crippen molar-refractivity contribution >= 4 is 11.6 Å². The molecule has 0 aliphatic heterocycles. The zero-order chi connectivity index (χ0) is 16.5. The molecule has 0 fully saturated rings. The molecule has 0 aliphatic rings. The van der Waals surface area contributed by atoms with E-state index in [0.717, 1.165) is 16.8 Å². The molecule has 1 amide bonds. The number of aryl methyl sites for hydroxylation is 2. The highest BCUT2D eigenvalue weighted by molar-refractivity contribution is 5.97. The number of hydrogen-bond donors (Lipinski definition) is 3. The number of aliphatic hydroxyl groups is 2. The molecule has 0 aromatic heterocycles. The third kappa shape index (κ3) is 4.58. The van der Waals surface area contributed by atoms with Gasteiger partial charge >= 0.3 is 0 Å². The van der Waals surface area contributed by atoms with Crippen molar-refractivity contribution in [1.29, 1.82) is 5.26 Å². The highest BCUT2D eigenvalue weighted by Crippen LogP contribution is 2.19. The van der Waals surface area contributed by atoms with Gasteiger partial charge in [0, 0.05) is 25.0 Å². The number of benzene rings is 1. The predicted octanol–water partition coefficient (Wildman–Crippen LogP) is 0.936. The molecule has 0 unspecified atom stereocenters. The second-order valence-electron chi connectivity index (χ2n) is 4.82.